The average molecular weight is 242 g/mol. The number of nitriles is 1. The molecule has 4 nitrogen and oxygen atoms in total. The van der Waals surface area contributed by atoms with Gasteiger partial charge in [0.1, 0.15) is 0 Å². The molecular formula is C14H14N2O2. The Labute approximate surface area is 106 Å². The largest absolute Gasteiger partial charge is 0.363 e. The fourth-order valence-electron chi connectivity index (χ4n) is 1.69. The van der Waals surface area contributed by atoms with Gasteiger partial charge in [0.05, 0.1) is 18.2 Å². The molecule has 18 heavy (non-hydrogen) atoms. The second-order valence-electron chi connectivity index (χ2n) is 4.14. The van der Waals surface area contributed by atoms with E-state index < -0.39 is 0 Å². The van der Waals surface area contributed by atoms with Crippen molar-refractivity contribution in [3.63, 3.8) is 0 Å². The fraction of sp³-hybridized carbons (Fsp3) is 0.286. The molecule has 0 radical (unpaired) electrons. The van der Waals surface area contributed by atoms with E-state index in [1.54, 1.807) is 23.1 Å². The van der Waals surface area contributed by atoms with Crippen molar-refractivity contribution in [2.45, 2.75) is 12.6 Å². The van der Waals surface area contributed by atoms with Gasteiger partial charge in [0.15, 0.2) is 6.10 Å². The first-order chi connectivity index (χ1) is 8.74. The SMILES string of the molecule is C=CCN(Cc1ccc(C#N)cc1)C(=O)C1CO1. The van der Waals surface area contributed by atoms with Gasteiger partial charge in [0.25, 0.3) is 5.91 Å². The molecule has 0 aromatic heterocycles. The Hall–Kier alpha value is -2.12. The molecular weight excluding hydrogens is 228 g/mol. The zero-order valence-electron chi connectivity index (χ0n) is 10.0. The van der Waals surface area contributed by atoms with Gasteiger partial charge in [0, 0.05) is 13.1 Å². The van der Waals surface area contributed by atoms with E-state index in [0.29, 0.717) is 25.3 Å². The van der Waals surface area contributed by atoms with Gasteiger partial charge in [-0.1, -0.05) is 18.2 Å². The molecule has 1 aromatic rings. The molecule has 1 amide bonds. The lowest BCUT2D eigenvalue weighted by Gasteiger charge is -2.20. The first kappa shape index (κ1) is 12.3. The van der Waals surface area contributed by atoms with Crippen molar-refractivity contribution in [1.82, 2.24) is 4.90 Å². The molecule has 2 rings (SSSR count). The second-order valence-corrected chi connectivity index (χ2v) is 4.14. The Kier molecular flexibility index (Phi) is 3.75. The molecule has 1 atom stereocenters. The molecule has 1 aromatic carbocycles. The Morgan fingerprint density at radius 3 is 2.72 bits per heavy atom. The minimum atomic E-state index is -0.275. The highest BCUT2D eigenvalue weighted by molar-refractivity contribution is 5.83. The lowest BCUT2D eigenvalue weighted by atomic mass is 10.1. The third-order valence-corrected chi connectivity index (χ3v) is 2.73. The summed E-state index contributed by atoms with van der Waals surface area (Å²) in [6, 6.07) is 9.28. The minimum Gasteiger partial charge on any atom is -0.363 e. The summed E-state index contributed by atoms with van der Waals surface area (Å²) in [5.74, 6) is -0.000685. The van der Waals surface area contributed by atoms with Gasteiger partial charge in [-0.2, -0.15) is 5.26 Å². The topological polar surface area (TPSA) is 56.6 Å². The summed E-state index contributed by atoms with van der Waals surface area (Å²) < 4.78 is 5.00. The van der Waals surface area contributed by atoms with E-state index in [2.05, 4.69) is 12.6 Å². The van der Waals surface area contributed by atoms with E-state index >= 15 is 0 Å². The summed E-state index contributed by atoms with van der Waals surface area (Å²) in [5, 5.41) is 8.72. The molecule has 0 aliphatic carbocycles. The summed E-state index contributed by atoms with van der Waals surface area (Å²) in [7, 11) is 0. The van der Waals surface area contributed by atoms with Crippen molar-refractivity contribution in [3.8, 4) is 6.07 Å². The number of rotatable bonds is 5. The highest BCUT2D eigenvalue weighted by atomic mass is 16.6. The molecule has 1 unspecified atom stereocenters. The van der Waals surface area contributed by atoms with Crippen molar-refractivity contribution in [2.75, 3.05) is 13.2 Å². The first-order valence-corrected chi connectivity index (χ1v) is 5.75. The van der Waals surface area contributed by atoms with Crippen LogP contribution in [0.4, 0.5) is 0 Å². The molecule has 1 aliphatic rings. The van der Waals surface area contributed by atoms with E-state index in [1.807, 2.05) is 12.1 Å². The Balaban J connectivity index is 2.05. The fourth-order valence-corrected chi connectivity index (χ4v) is 1.69. The number of amides is 1. The van der Waals surface area contributed by atoms with Crippen LogP contribution in [0.15, 0.2) is 36.9 Å². The van der Waals surface area contributed by atoms with Gasteiger partial charge < -0.3 is 9.64 Å². The molecule has 0 N–H and O–H groups in total. The van der Waals surface area contributed by atoms with E-state index in [1.165, 1.54) is 0 Å². The van der Waals surface area contributed by atoms with Gasteiger partial charge in [0.2, 0.25) is 0 Å². The smallest absolute Gasteiger partial charge is 0.254 e. The number of ether oxygens (including phenoxy) is 1. The molecule has 1 saturated heterocycles. The lowest BCUT2D eigenvalue weighted by molar-refractivity contribution is -0.132. The third kappa shape index (κ3) is 2.96. The van der Waals surface area contributed by atoms with Crippen LogP contribution in [0.5, 0.6) is 0 Å². The summed E-state index contributed by atoms with van der Waals surface area (Å²) >= 11 is 0. The van der Waals surface area contributed by atoms with Gasteiger partial charge >= 0.3 is 0 Å². The Bertz CT molecular complexity index is 484. The second kappa shape index (κ2) is 5.48. The minimum absolute atomic E-state index is 0.000685. The van der Waals surface area contributed by atoms with Crippen LogP contribution in [0.2, 0.25) is 0 Å². The zero-order valence-corrected chi connectivity index (χ0v) is 10.0. The highest BCUT2D eigenvalue weighted by Gasteiger charge is 2.34. The molecule has 0 saturated carbocycles. The van der Waals surface area contributed by atoms with Crippen LogP contribution in [-0.4, -0.2) is 30.1 Å². The molecule has 1 fully saturated rings. The number of nitrogens with zero attached hydrogens (tertiary/aromatic N) is 2. The van der Waals surface area contributed by atoms with Crippen LogP contribution in [0.3, 0.4) is 0 Å². The maximum absolute atomic E-state index is 11.9. The van der Waals surface area contributed by atoms with Crippen LogP contribution >= 0.6 is 0 Å². The molecule has 1 aliphatic heterocycles. The van der Waals surface area contributed by atoms with Crippen molar-refractivity contribution >= 4 is 5.91 Å². The zero-order chi connectivity index (χ0) is 13.0. The number of benzene rings is 1. The van der Waals surface area contributed by atoms with Crippen LogP contribution in [0, 0.1) is 11.3 Å². The molecule has 0 spiro atoms. The maximum atomic E-state index is 11.9. The molecule has 1 heterocycles. The number of hydrogen-bond donors (Lipinski definition) is 0. The summed E-state index contributed by atoms with van der Waals surface area (Å²) in [4.78, 5) is 13.6. The molecule has 92 valence electrons. The van der Waals surface area contributed by atoms with Crippen molar-refractivity contribution < 1.29 is 9.53 Å². The third-order valence-electron chi connectivity index (χ3n) is 2.73. The summed E-state index contributed by atoms with van der Waals surface area (Å²) in [6.45, 7) is 5.18. The van der Waals surface area contributed by atoms with Crippen molar-refractivity contribution in [1.29, 1.82) is 5.26 Å². The number of epoxide rings is 1. The van der Waals surface area contributed by atoms with Crippen LogP contribution in [-0.2, 0) is 16.1 Å². The predicted molar refractivity (Wildman–Crippen MR) is 66.5 cm³/mol. The maximum Gasteiger partial charge on any atom is 0.254 e. The molecule has 4 heteroatoms. The number of carbonyl (C=O) groups is 1. The van der Waals surface area contributed by atoms with Crippen molar-refractivity contribution in [3.05, 3.63) is 48.0 Å². The normalized spacial score (nSPS) is 16.7. The summed E-state index contributed by atoms with van der Waals surface area (Å²) in [5.41, 5.74) is 1.61. The highest BCUT2D eigenvalue weighted by Crippen LogP contribution is 2.15. The summed E-state index contributed by atoms with van der Waals surface area (Å²) in [6.07, 6.45) is 1.42. The Morgan fingerprint density at radius 2 is 2.22 bits per heavy atom. The predicted octanol–water partition coefficient (Wildman–Crippen LogP) is 1.47. The first-order valence-electron chi connectivity index (χ1n) is 5.75. The van der Waals surface area contributed by atoms with Crippen molar-refractivity contribution in [2.24, 2.45) is 0 Å². The van der Waals surface area contributed by atoms with E-state index in [-0.39, 0.29) is 12.0 Å². The van der Waals surface area contributed by atoms with E-state index in [0.717, 1.165) is 5.56 Å². The van der Waals surface area contributed by atoms with Crippen LogP contribution < -0.4 is 0 Å². The Morgan fingerprint density at radius 1 is 1.56 bits per heavy atom. The van der Waals surface area contributed by atoms with E-state index in [4.69, 9.17) is 10.00 Å². The number of hydrogen-bond acceptors (Lipinski definition) is 3. The quantitative estimate of drug-likeness (QED) is 0.580. The van der Waals surface area contributed by atoms with Gasteiger partial charge in [-0.15, -0.1) is 6.58 Å². The van der Waals surface area contributed by atoms with Crippen LogP contribution in [0.1, 0.15) is 11.1 Å². The lowest BCUT2D eigenvalue weighted by Crippen LogP contribution is -2.34. The number of carbonyl (C=O) groups excluding carboxylic acids is 1. The van der Waals surface area contributed by atoms with Gasteiger partial charge in [-0.3, -0.25) is 4.79 Å². The molecule has 0 bridgehead atoms. The van der Waals surface area contributed by atoms with Gasteiger partial charge in [-0.05, 0) is 17.7 Å². The average Bonchev–Trinajstić information content (AvgIpc) is 3.22. The standard InChI is InChI=1S/C14H14N2O2/c1-2-7-16(14(17)13-10-18-13)9-12-5-3-11(8-15)4-6-12/h2-6,13H,1,7,9-10H2. The van der Waals surface area contributed by atoms with E-state index in [9.17, 15) is 4.79 Å². The van der Waals surface area contributed by atoms with Gasteiger partial charge in [-0.25, -0.2) is 0 Å². The van der Waals surface area contributed by atoms with Crippen LogP contribution in [0.25, 0.3) is 0 Å². The monoisotopic (exact) mass is 242 g/mol.